The third-order valence-corrected chi connectivity index (χ3v) is 4.22. The van der Waals surface area contributed by atoms with Crippen LogP contribution in [0, 0.1) is 5.92 Å². The average molecular weight is 385 g/mol. The van der Waals surface area contributed by atoms with Crippen LogP contribution in [0.5, 0.6) is 0 Å². The van der Waals surface area contributed by atoms with Crippen LogP contribution in [0.15, 0.2) is 17.1 Å². The second-order valence-corrected chi connectivity index (χ2v) is 6.81. The number of aromatic nitrogens is 2. The molecule has 152 valence electrons. The molecule has 0 amide bonds. The molecule has 1 fully saturated rings. The molecule has 0 unspecified atom stereocenters. The molecule has 0 saturated carbocycles. The Morgan fingerprint density at radius 1 is 1.41 bits per heavy atom. The number of anilines is 1. The Hall–Kier alpha value is -2.01. The monoisotopic (exact) mass is 385 g/mol. The molecule has 2 rings (SSSR count). The van der Waals surface area contributed by atoms with Gasteiger partial charge in [0.15, 0.2) is 6.23 Å². The highest BCUT2D eigenvalue weighted by Gasteiger charge is 2.43. The van der Waals surface area contributed by atoms with Gasteiger partial charge in [0, 0.05) is 6.20 Å². The number of esters is 1. The summed E-state index contributed by atoms with van der Waals surface area (Å²) in [6, 6.07) is 0.810. The molecule has 10 nitrogen and oxygen atoms in total. The number of carbonyl (C=O) groups excluding carboxylic acids is 1. The van der Waals surface area contributed by atoms with Crippen molar-refractivity contribution in [3.63, 3.8) is 0 Å². The van der Waals surface area contributed by atoms with Gasteiger partial charge in [0.25, 0.3) is 0 Å². The molecule has 1 aliphatic rings. The van der Waals surface area contributed by atoms with Crippen molar-refractivity contribution in [1.82, 2.24) is 9.55 Å². The molecule has 27 heavy (non-hydrogen) atoms. The summed E-state index contributed by atoms with van der Waals surface area (Å²) in [6.45, 7) is 5.38. The van der Waals surface area contributed by atoms with Crippen molar-refractivity contribution in [1.29, 1.82) is 0 Å². The van der Waals surface area contributed by atoms with Crippen molar-refractivity contribution in [2.45, 2.75) is 57.8 Å². The van der Waals surface area contributed by atoms with Gasteiger partial charge in [0.2, 0.25) is 0 Å². The molecule has 10 heteroatoms. The summed E-state index contributed by atoms with van der Waals surface area (Å²) >= 11 is 0. The first-order valence-electron chi connectivity index (χ1n) is 8.93. The van der Waals surface area contributed by atoms with Crippen molar-refractivity contribution >= 4 is 11.8 Å². The summed E-state index contributed by atoms with van der Waals surface area (Å²) in [7, 11) is 0. The van der Waals surface area contributed by atoms with Crippen LogP contribution >= 0.6 is 0 Å². The van der Waals surface area contributed by atoms with Gasteiger partial charge in [-0.15, -0.1) is 0 Å². The quantitative estimate of drug-likeness (QED) is 0.425. The lowest BCUT2D eigenvalue weighted by Gasteiger charge is -2.21. The van der Waals surface area contributed by atoms with Crippen molar-refractivity contribution in [3.8, 4) is 0 Å². The van der Waals surface area contributed by atoms with Gasteiger partial charge in [-0.2, -0.15) is 4.98 Å². The number of ether oxygens (including phenoxy) is 2. The number of nitrogens with one attached hydrogen (secondary N) is 1. The van der Waals surface area contributed by atoms with Crippen molar-refractivity contribution in [3.05, 3.63) is 22.7 Å². The van der Waals surface area contributed by atoms with E-state index < -0.39 is 48.8 Å². The smallest absolute Gasteiger partial charge is 0.351 e. The first-order chi connectivity index (χ1) is 12.8. The largest absolute Gasteiger partial charge is 0.464 e. The van der Waals surface area contributed by atoms with Gasteiger partial charge in [-0.05, 0) is 25.3 Å². The number of aliphatic hydroxyl groups is 3. The molecule has 2 heterocycles. The summed E-state index contributed by atoms with van der Waals surface area (Å²) in [5.74, 6) is -0.0338. The van der Waals surface area contributed by atoms with Crippen LogP contribution in [0.4, 0.5) is 5.82 Å². The molecule has 0 aromatic carbocycles. The van der Waals surface area contributed by atoms with E-state index in [4.69, 9.17) is 14.6 Å². The SMILES string of the molecule is CCOC(=O)[C@H](CC(C)C)Nc1ccn([C@@H]2O[C@H](CO)[C@@H](O)[C@H]2O)c(=O)n1. The molecule has 0 spiro atoms. The van der Waals surface area contributed by atoms with Crippen LogP contribution in [-0.2, 0) is 14.3 Å². The number of rotatable bonds is 8. The lowest BCUT2D eigenvalue weighted by Crippen LogP contribution is -2.37. The zero-order valence-corrected chi connectivity index (χ0v) is 15.6. The van der Waals surface area contributed by atoms with E-state index in [0.717, 1.165) is 4.57 Å². The average Bonchev–Trinajstić information content (AvgIpc) is 2.89. The molecular formula is C17H27N3O7. The van der Waals surface area contributed by atoms with Crippen LogP contribution in [0.1, 0.15) is 33.4 Å². The number of hydrogen-bond donors (Lipinski definition) is 4. The lowest BCUT2D eigenvalue weighted by atomic mass is 10.0. The summed E-state index contributed by atoms with van der Waals surface area (Å²) in [5, 5.41) is 31.9. The maximum Gasteiger partial charge on any atom is 0.351 e. The number of nitrogens with zero attached hydrogens (tertiary/aromatic N) is 2. The standard InChI is InChI=1S/C17H27N3O7/c1-4-26-16(24)10(7-9(2)3)18-12-5-6-20(17(25)19-12)15-14(23)13(22)11(8-21)27-15/h5-6,9-11,13-15,21-23H,4,7-8H2,1-3H3,(H,18,19,25)/t10-,11+,13+,14+,15+/m0/s1. The van der Waals surface area contributed by atoms with Gasteiger partial charge in [0.1, 0.15) is 30.2 Å². The molecular weight excluding hydrogens is 358 g/mol. The van der Waals surface area contributed by atoms with Gasteiger partial charge in [0.05, 0.1) is 13.2 Å². The van der Waals surface area contributed by atoms with Gasteiger partial charge >= 0.3 is 11.7 Å². The number of hydrogen-bond acceptors (Lipinski definition) is 9. The highest BCUT2D eigenvalue weighted by atomic mass is 16.6. The Morgan fingerprint density at radius 2 is 2.11 bits per heavy atom. The lowest BCUT2D eigenvalue weighted by molar-refractivity contribution is -0.144. The second kappa shape index (κ2) is 9.27. The van der Waals surface area contributed by atoms with Crippen LogP contribution in [0.3, 0.4) is 0 Å². The molecule has 0 aliphatic carbocycles. The van der Waals surface area contributed by atoms with E-state index in [1.54, 1.807) is 6.92 Å². The summed E-state index contributed by atoms with van der Waals surface area (Å²) in [4.78, 5) is 28.3. The zero-order chi connectivity index (χ0) is 20.1. The zero-order valence-electron chi connectivity index (χ0n) is 15.6. The normalized spacial score (nSPS) is 26.2. The van der Waals surface area contributed by atoms with Gasteiger partial charge in [-0.25, -0.2) is 9.59 Å². The Labute approximate surface area is 156 Å². The van der Waals surface area contributed by atoms with Crippen LogP contribution in [0.25, 0.3) is 0 Å². The minimum Gasteiger partial charge on any atom is -0.464 e. The van der Waals surface area contributed by atoms with E-state index in [0.29, 0.717) is 6.42 Å². The highest BCUT2D eigenvalue weighted by Crippen LogP contribution is 2.28. The summed E-state index contributed by atoms with van der Waals surface area (Å²) in [5.41, 5.74) is -0.734. The fourth-order valence-corrected chi connectivity index (χ4v) is 2.90. The molecule has 0 radical (unpaired) electrons. The maximum atomic E-state index is 12.3. The predicted octanol–water partition coefficient (Wildman–Crippen LogP) is -0.755. The van der Waals surface area contributed by atoms with Gasteiger partial charge in [-0.3, -0.25) is 4.57 Å². The van der Waals surface area contributed by atoms with Crippen LogP contribution in [0.2, 0.25) is 0 Å². The molecule has 1 aromatic rings. The van der Waals surface area contributed by atoms with E-state index in [1.165, 1.54) is 12.3 Å². The van der Waals surface area contributed by atoms with Gasteiger partial charge < -0.3 is 30.1 Å². The fourth-order valence-electron chi connectivity index (χ4n) is 2.90. The Balaban J connectivity index is 2.18. The molecule has 1 saturated heterocycles. The van der Waals surface area contributed by atoms with Crippen LogP contribution < -0.4 is 11.0 Å². The van der Waals surface area contributed by atoms with E-state index in [-0.39, 0.29) is 18.3 Å². The summed E-state index contributed by atoms with van der Waals surface area (Å²) in [6.07, 6.45) is -3.01. The first kappa shape index (κ1) is 21.3. The molecule has 5 atom stereocenters. The fraction of sp³-hybridized carbons (Fsp3) is 0.706. The maximum absolute atomic E-state index is 12.3. The third kappa shape index (κ3) is 5.04. The van der Waals surface area contributed by atoms with Crippen LogP contribution in [-0.4, -0.2) is 68.4 Å². The number of carbonyl (C=O) groups is 1. The van der Waals surface area contributed by atoms with Crippen molar-refractivity contribution < 1.29 is 29.6 Å². The molecule has 4 N–H and O–H groups in total. The first-order valence-corrected chi connectivity index (χ1v) is 8.93. The van der Waals surface area contributed by atoms with Gasteiger partial charge in [-0.1, -0.05) is 13.8 Å². The topological polar surface area (TPSA) is 143 Å². The second-order valence-electron chi connectivity index (χ2n) is 6.81. The molecule has 1 aliphatic heterocycles. The van der Waals surface area contributed by atoms with E-state index >= 15 is 0 Å². The Bertz CT molecular complexity index is 693. The Kier molecular flexibility index (Phi) is 7.31. The predicted molar refractivity (Wildman–Crippen MR) is 95.0 cm³/mol. The third-order valence-electron chi connectivity index (χ3n) is 4.22. The molecule has 1 aromatic heterocycles. The Morgan fingerprint density at radius 3 is 2.63 bits per heavy atom. The minimum atomic E-state index is -1.38. The number of aliphatic hydroxyl groups excluding tert-OH is 3. The molecule has 0 bridgehead atoms. The van der Waals surface area contributed by atoms with E-state index in [2.05, 4.69) is 10.3 Å². The highest BCUT2D eigenvalue weighted by molar-refractivity contribution is 5.78. The van der Waals surface area contributed by atoms with Crippen molar-refractivity contribution in [2.24, 2.45) is 5.92 Å². The summed E-state index contributed by atoms with van der Waals surface area (Å²) < 4.78 is 11.4. The van der Waals surface area contributed by atoms with E-state index in [9.17, 15) is 19.8 Å². The minimum absolute atomic E-state index is 0.182. The van der Waals surface area contributed by atoms with Crippen molar-refractivity contribution in [2.75, 3.05) is 18.5 Å². The van der Waals surface area contributed by atoms with E-state index in [1.807, 2.05) is 13.8 Å².